The molecule has 1 aromatic rings. The first-order valence-corrected chi connectivity index (χ1v) is 5.83. The summed E-state index contributed by atoms with van der Waals surface area (Å²) in [6.45, 7) is 3.00. The van der Waals surface area contributed by atoms with Gasteiger partial charge in [-0.3, -0.25) is 0 Å². The fraction of sp³-hybridized carbons (Fsp3) is 0.538. The van der Waals surface area contributed by atoms with Crippen LogP contribution >= 0.6 is 0 Å². The maximum atomic E-state index is 12.4. The summed E-state index contributed by atoms with van der Waals surface area (Å²) in [5.41, 5.74) is 0.231. The number of hydrogen-bond donors (Lipinski definition) is 0. The molecule has 100 valence electrons. The van der Waals surface area contributed by atoms with Crippen molar-refractivity contribution in [3.63, 3.8) is 0 Å². The molecule has 1 aliphatic heterocycles. The third kappa shape index (κ3) is 3.23. The first kappa shape index (κ1) is 13.4. The highest BCUT2D eigenvalue weighted by Crippen LogP contribution is 2.30. The van der Waals surface area contributed by atoms with Gasteiger partial charge in [-0.2, -0.15) is 13.2 Å². The lowest BCUT2D eigenvalue weighted by Crippen LogP contribution is -2.26. The average Bonchev–Trinajstić information content (AvgIpc) is 2.74. The zero-order chi connectivity index (χ0) is 13.2. The quantitative estimate of drug-likeness (QED) is 0.829. The molecule has 5 heteroatoms. The van der Waals surface area contributed by atoms with Gasteiger partial charge in [0.05, 0.1) is 18.8 Å². The van der Waals surface area contributed by atoms with Gasteiger partial charge in [0, 0.05) is 6.42 Å². The molecule has 0 bridgehead atoms. The predicted octanol–water partition coefficient (Wildman–Crippen LogP) is 3.40. The van der Waals surface area contributed by atoms with Crippen molar-refractivity contribution in [2.75, 3.05) is 13.2 Å². The minimum Gasteiger partial charge on any atom is -0.348 e. The molecule has 2 nitrogen and oxygen atoms in total. The van der Waals surface area contributed by atoms with Crippen molar-refractivity contribution < 1.29 is 22.6 Å². The molecule has 1 fully saturated rings. The van der Waals surface area contributed by atoms with Gasteiger partial charge in [0.1, 0.15) is 0 Å². The average molecular weight is 260 g/mol. The molecule has 18 heavy (non-hydrogen) atoms. The molecule has 1 heterocycles. The maximum absolute atomic E-state index is 12.4. The molecule has 0 atom stereocenters. The number of alkyl halides is 3. The van der Waals surface area contributed by atoms with Crippen LogP contribution < -0.4 is 0 Å². The normalized spacial score (nSPS) is 19.1. The molecule has 1 saturated heterocycles. The number of benzene rings is 1. The van der Waals surface area contributed by atoms with E-state index >= 15 is 0 Å². The van der Waals surface area contributed by atoms with E-state index in [1.165, 1.54) is 12.1 Å². The molecule has 0 aromatic heterocycles. The Labute approximate surface area is 104 Å². The van der Waals surface area contributed by atoms with E-state index < -0.39 is 17.5 Å². The minimum atomic E-state index is -4.28. The second-order valence-electron chi connectivity index (χ2n) is 4.53. The Balaban J connectivity index is 1.94. The van der Waals surface area contributed by atoms with Crippen molar-refractivity contribution in [3.05, 3.63) is 35.4 Å². The number of halogens is 3. The summed E-state index contributed by atoms with van der Waals surface area (Å²) in [6.07, 6.45) is -3.00. The smallest absolute Gasteiger partial charge is 0.348 e. The van der Waals surface area contributed by atoms with Crippen molar-refractivity contribution in [1.82, 2.24) is 0 Å². The van der Waals surface area contributed by atoms with Crippen LogP contribution in [0.25, 0.3) is 0 Å². The Morgan fingerprint density at radius 2 is 1.67 bits per heavy atom. The lowest BCUT2D eigenvalue weighted by Gasteiger charge is -2.22. The fourth-order valence-corrected chi connectivity index (χ4v) is 1.93. The maximum Gasteiger partial charge on any atom is 0.416 e. The summed E-state index contributed by atoms with van der Waals surface area (Å²) in [5.74, 6) is -0.595. The van der Waals surface area contributed by atoms with Crippen LogP contribution in [0.1, 0.15) is 24.5 Å². The van der Waals surface area contributed by atoms with Gasteiger partial charge >= 0.3 is 6.18 Å². The van der Waals surface area contributed by atoms with E-state index in [0.29, 0.717) is 26.1 Å². The molecule has 1 aliphatic rings. The van der Waals surface area contributed by atoms with Crippen molar-refractivity contribution in [2.45, 2.75) is 31.7 Å². The molecular formula is C13H15F3O2. The van der Waals surface area contributed by atoms with E-state index in [1.54, 1.807) is 0 Å². The largest absolute Gasteiger partial charge is 0.416 e. The van der Waals surface area contributed by atoms with Gasteiger partial charge in [-0.05, 0) is 31.0 Å². The Morgan fingerprint density at radius 3 is 2.17 bits per heavy atom. The molecule has 0 amide bonds. The Bertz CT molecular complexity index is 392. The summed E-state index contributed by atoms with van der Waals surface area (Å²) >= 11 is 0. The summed E-state index contributed by atoms with van der Waals surface area (Å²) in [4.78, 5) is 0. The standard InChI is InChI=1S/C13H15F3O2/c1-12(17-8-9-18-12)7-6-10-2-4-11(5-3-10)13(14,15)16/h2-5H,6-9H2,1H3. The first-order chi connectivity index (χ1) is 8.39. The van der Waals surface area contributed by atoms with Gasteiger partial charge in [-0.15, -0.1) is 0 Å². The molecule has 0 saturated carbocycles. The molecule has 0 spiro atoms. The fourth-order valence-electron chi connectivity index (χ4n) is 1.93. The van der Waals surface area contributed by atoms with Crippen molar-refractivity contribution in [3.8, 4) is 0 Å². The van der Waals surface area contributed by atoms with E-state index in [9.17, 15) is 13.2 Å². The number of hydrogen-bond acceptors (Lipinski definition) is 2. The molecule has 0 aliphatic carbocycles. The molecular weight excluding hydrogens is 245 g/mol. The first-order valence-electron chi connectivity index (χ1n) is 5.83. The van der Waals surface area contributed by atoms with Crippen LogP contribution in [0.15, 0.2) is 24.3 Å². The number of aryl methyl sites for hydroxylation is 1. The lowest BCUT2D eigenvalue weighted by molar-refractivity contribution is -0.146. The minimum absolute atomic E-state index is 0.573. The zero-order valence-corrected chi connectivity index (χ0v) is 10.1. The summed E-state index contributed by atoms with van der Waals surface area (Å²) in [6, 6.07) is 5.21. The highest BCUT2D eigenvalue weighted by atomic mass is 19.4. The highest BCUT2D eigenvalue weighted by molar-refractivity contribution is 5.24. The SMILES string of the molecule is CC1(CCc2ccc(C(F)(F)F)cc2)OCCO1. The number of ether oxygens (including phenoxy) is 2. The van der Waals surface area contributed by atoms with Crippen LogP contribution in [0, 0.1) is 0 Å². The van der Waals surface area contributed by atoms with Gasteiger partial charge in [-0.25, -0.2) is 0 Å². The molecule has 1 aromatic carbocycles. The van der Waals surface area contributed by atoms with Crippen LogP contribution in [0.4, 0.5) is 13.2 Å². The molecule has 0 unspecified atom stereocenters. The molecule has 0 radical (unpaired) electrons. The van der Waals surface area contributed by atoms with Gasteiger partial charge < -0.3 is 9.47 Å². The Kier molecular flexibility index (Phi) is 3.64. The van der Waals surface area contributed by atoms with Crippen molar-refractivity contribution in [2.24, 2.45) is 0 Å². The summed E-state index contributed by atoms with van der Waals surface area (Å²) in [7, 11) is 0. The Hall–Kier alpha value is -1.07. The van der Waals surface area contributed by atoms with Crippen molar-refractivity contribution in [1.29, 1.82) is 0 Å². The van der Waals surface area contributed by atoms with Gasteiger partial charge in [0.2, 0.25) is 0 Å². The van der Waals surface area contributed by atoms with E-state index in [4.69, 9.17) is 9.47 Å². The second-order valence-corrected chi connectivity index (χ2v) is 4.53. The van der Waals surface area contributed by atoms with Crippen LogP contribution in [-0.4, -0.2) is 19.0 Å². The van der Waals surface area contributed by atoms with Crippen LogP contribution in [-0.2, 0) is 22.1 Å². The topological polar surface area (TPSA) is 18.5 Å². The van der Waals surface area contributed by atoms with Gasteiger partial charge in [-0.1, -0.05) is 12.1 Å². The highest BCUT2D eigenvalue weighted by Gasteiger charge is 2.31. The zero-order valence-electron chi connectivity index (χ0n) is 10.1. The molecule has 2 rings (SSSR count). The van der Waals surface area contributed by atoms with Crippen LogP contribution in [0.3, 0.4) is 0 Å². The van der Waals surface area contributed by atoms with E-state index in [1.807, 2.05) is 6.92 Å². The monoisotopic (exact) mass is 260 g/mol. The van der Waals surface area contributed by atoms with Gasteiger partial charge in [0.15, 0.2) is 5.79 Å². The Morgan fingerprint density at radius 1 is 1.11 bits per heavy atom. The van der Waals surface area contributed by atoms with Gasteiger partial charge in [0.25, 0.3) is 0 Å². The summed E-state index contributed by atoms with van der Waals surface area (Å²) < 4.78 is 48.0. The summed E-state index contributed by atoms with van der Waals surface area (Å²) in [5, 5.41) is 0. The van der Waals surface area contributed by atoms with Crippen LogP contribution in [0.2, 0.25) is 0 Å². The van der Waals surface area contributed by atoms with E-state index in [0.717, 1.165) is 17.7 Å². The second kappa shape index (κ2) is 4.90. The third-order valence-corrected chi connectivity index (χ3v) is 3.05. The van der Waals surface area contributed by atoms with Crippen molar-refractivity contribution >= 4 is 0 Å². The van der Waals surface area contributed by atoms with Crippen LogP contribution in [0.5, 0.6) is 0 Å². The molecule has 0 N–H and O–H groups in total. The van der Waals surface area contributed by atoms with E-state index in [-0.39, 0.29) is 0 Å². The number of rotatable bonds is 3. The third-order valence-electron chi connectivity index (χ3n) is 3.05. The van der Waals surface area contributed by atoms with E-state index in [2.05, 4.69) is 0 Å². The lowest BCUT2D eigenvalue weighted by atomic mass is 10.0. The predicted molar refractivity (Wildman–Crippen MR) is 60.1 cm³/mol.